The first-order chi connectivity index (χ1) is 22.3. The summed E-state index contributed by atoms with van der Waals surface area (Å²) in [5.41, 5.74) is 7.41. The highest BCUT2D eigenvalue weighted by molar-refractivity contribution is 8.44. The second-order valence-corrected chi connectivity index (χ2v) is 15.3. The monoisotopic (exact) mass is 733 g/mol. The van der Waals surface area contributed by atoms with Crippen LogP contribution in [0.2, 0.25) is 0 Å². The third-order valence-electron chi connectivity index (χ3n) is 7.57. The van der Waals surface area contributed by atoms with E-state index in [-0.39, 0.29) is 35.8 Å². The number of hydrogen-bond donors (Lipinski definition) is 6. The van der Waals surface area contributed by atoms with Gasteiger partial charge < -0.3 is 30.6 Å². The van der Waals surface area contributed by atoms with Gasteiger partial charge in [-0.25, -0.2) is 23.9 Å². The highest BCUT2D eigenvalue weighted by Crippen LogP contribution is 2.59. The van der Waals surface area contributed by atoms with E-state index in [0.29, 0.717) is 11.2 Å². The van der Waals surface area contributed by atoms with Gasteiger partial charge in [-0.1, -0.05) is 35.6 Å². The van der Waals surface area contributed by atoms with Crippen molar-refractivity contribution in [2.45, 2.75) is 48.7 Å². The lowest BCUT2D eigenvalue weighted by molar-refractivity contribution is -0.119. The molecule has 0 saturated carbocycles. The van der Waals surface area contributed by atoms with Crippen molar-refractivity contribution < 1.29 is 41.7 Å². The number of halogens is 1. The number of aromatic nitrogens is 9. The Morgan fingerprint density at radius 2 is 2.09 bits per heavy atom. The van der Waals surface area contributed by atoms with Crippen LogP contribution >= 0.6 is 38.5 Å². The quantitative estimate of drug-likeness (QED) is 0.0698. The number of terminal acetylenes is 1. The molecule has 0 bridgehead atoms. The molecule has 0 aromatic carbocycles. The highest BCUT2D eigenvalue weighted by Gasteiger charge is 2.54. The lowest BCUT2D eigenvalue weighted by atomic mass is 9.99. The maximum absolute atomic E-state index is 14.2. The van der Waals surface area contributed by atoms with E-state index in [2.05, 4.69) is 65.6 Å². The number of ether oxygens (including phenoxy) is 2. The lowest BCUT2D eigenvalue weighted by Crippen LogP contribution is -2.43. The Bertz CT molecular complexity index is 2010. The molecule has 8 atom stereocenters. The van der Waals surface area contributed by atoms with Crippen molar-refractivity contribution >= 4 is 72.6 Å². The van der Waals surface area contributed by atoms with Crippen LogP contribution in [0.15, 0.2) is 17.4 Å². The topological polar surface area (TPSA) is 273 Å². The van der Waals surface area contributed by atoms with Gasteiger partial charge >= 0.3 is 6.80 Å². The molecule has 2 aliphatic rings. The summed E-state index contributed by atoms with van der Waals surface area (Å²) >= 11 is 7.97. The predicted molar refractivity (Wildman–Crippen MR) is 167 cm³/mol. The lowest BCUT2D eigenvalue weighted by Gasteiger charge is -2.30. The molecule has 2 unspecified atom stereocenters. The first-order valence-corrected chi connectivity index (χ1v) is 18.7. The second kappa shape index (κ2) is 12.7. The predicted octanol–water partition coefficient (Wildman–Crippen LogP) is 0.574. The van der Waals surface area contributed by atoms with E-state index >= 15 is 0 Å². The molecule has 0 aliphatic carbocycles. The van der Waals surface area contributed by atoms with Crippen LogP contribution in [-0.4, -0.2) is 92.9 Å². The van der Waals surface area contributed by atoms with Gasteiger partial charge in [-0.2, -0.15) is 9.67 Å². The molecule has 0 spiro atoms. The SMILES string of the molecule is C#C[C@]1(COP(=O)(S)O[C@@H]2C[C@](CO)(CF)O[C@H]2n2nnc3c(=O)[nH]c(N)nc32)O[C@@H](n2cnc3c(N)ncnc32)C[C@@H]1O[PH](=O)S. The average molecular weight is 734 g/mol. The number of aliphatic hydroxyl groups excluding tert-OH is 1. The molecule has 20 nitrogen and oxygen atoms in total. The van der Waals surface area contributed by atoms with Crippen LogP contribution in [-0.2, 0) is 32.2 Å². The third-order valence-corrected chi connectivity index (χ3v) is 9.99. The maximum atomic E-state index is 14.2. The molecule has 2 aliphatic heterocycles. The molecule has 0 amide bonds. The van der Waals surface area contributed by atoms with Crippen LogP contribution in [0.4, 0.5) is 16.2 Å². The number of nitrogens with zero attached hydrogens (tertiary/aromatic N) is 8. The average Bonchev–Trinajstić information content (AvgIpc) is 3.80. The summed E-state index contributed by atoms with van der Waals surface area (Å²) in [5, 5.41) is 17.6. The van der Waals surface area contributed by atoms with E-state index < -0.39 is 75.3 Å². The zero-order valence-corrected chi connectivity index (χ0v) is 27.4. The van der Waals surface area contributed by atoms with Gasteiger partial charge in [-0.3, -0.25) is 28.0 Å². The summed E-state index contributed by atoms with van der Waals surface area (Å²) in [4.78, 5) is 30.9. The molecule has 2 saturated heterocycles. The highest BCUT2D eigenvalue weighted by atomic mass is 32.7. The number of alkyl halides is 1. The number of thiol groups is 2. The fourth-order valence-corrected chi connectivity index (χ4v) is 7.72. The summed E-state index contributed by atoms with van der Waals surface area (Å²) in [6, 6.07) is 0. The Hall–Kier alpha value is -3.16. The van der Waals surface area contributed by atoms with Crippen LogP contribution in [0, 0.1) is 12.3 Å². The van der Waals surface area contributed by atoms with Crippen LogP contribution in [0.25, 0.3) is 22.3 Å². The Morgan fingerprint density at radius 1 is 1.30 bits per heavy atom. The smallest absolute Gasteiger partial charge is 0.386 e. The summed E-state index contributed by atoms with van der Waals surface area (Å²) in [6.45, 7) is -7.14. The molecule has 4 aromatic rings. The molecule has 6 N–H and O–H groups in total. The number of nitrogens with two attached hydrogens (primary N) is 2. The Kier molecular flexibility index (Phi) is 9.12. The van der Waals surface area contributed by atoms with E-state index in [1.54, 1.807) is 0 Å². The maximum Gasteiger partial charge on any atom is 0.386 e. The fraction of sp³-hybridized carbons (Fsp3) is 0.500. The van der Waals surface area contributed by atoms with Crippen molar-refractivity contribution in [3.8, 4) is 12.3 Å². The summed E-state index contributed by atoms with van der Waals surface area (Å²) in [6.07, 6.45) is 3.32. The standard InChI is InChI=1S/C22H26FN11O9P2S2/c1-2-22(11(42-44(37)46)3-12(40-22)33-9-28-13-15(24)26-8-27-16(13)33)7-39-45(38,47)43-10-4-21(5-23,6-35)41-19(10)34-17-14(31-32-34)18(36)30-20(25)29-17/h1,8-12,19,35,44H,3-7H2,(H,37,46)(H,38,47)(H2,24,26,27)(H3,25,29,30,36)/t10-,11+,12-,19-,21-,22-,45?/m1/s1. The zero-order valence-electron chi connectivity index (χ0n) is 23.7. The van der Waals surface area contributed by atoms with Gasteiger partial charge in [0.2, 0.25) is 13.2 Å². The number of rotatable bonds is 11. The van der Waals surface area contributed by atoms with Gasteiger partial charge in [0.05, 0.1) is 12.9 Å². The minimum Gasteiger partial charge on any atom is -0.393 e. The van der Waals surface area contributed by atoms with Crippen molar-refractivity contribution in [2.24, 2.45) is 0 Å². The largest absolute Gasteiger partial charge is 0.393 e. The molecule has 2 fully saturated rings. The molecule has 0 radical (unpaired) electrons. The number of H-pyrrole nitrogens is 1. The van der Waals surface area contributed by atoms with E-state index in [0.717, 1.165) is 4.68 Å². The molecule has 6 heterocycles. The van der Waals surface area contributed by atoms with Crippen LogP contribution < -0.4 is 17.0 Å². The van der Waals surface area contributed by atoms with Gasteiger partial charge in [0.15, 0.2) is 34.5 Å². The number of nitrogen functional groups attached to an aromatic ring is 2. The molecule has 252 valence electrons. The molecular formula is C22H26FN11O9P2S2. The van der Waals surface area contributed by atoms with Gasteiger partial charge in [0.1, 0.15) is 49.2 Å². The van der Waals surface area contributed by atoms with Gasteiger partial charge in [0, 0.05) is 12.8 Å². The molecule has 6 rings (SSSR count). The van der Waals surface area contributed by atoms with E-state index in [9.17, 15) is 23.4 Å². The van der Waals surface area contributed by atoms with Crippen molar-refractivity contribution in [3.63, 3.8) is 0 Å². The molecular weight excluding hydrogens is 707 g/mol. The van der Waals surface area contributed by atoms with Gasteiger partial charge in [0.25, 0.3) is 5.56 Å². The van der Waals surface area contributed by atoms with E-state index in [1.807, 2.05) is 0 Å². The van der Waals surface area contributed by atoms with Crippen molar-refractivity contribution in [1.82, 2.24) is 44.5 Å². The van der Waals surface area contributed by atoms with Crippen molar-refractivity contribution in [2.75, 3.05) is 31.4 Å². The minimum absolute atomic E-state index is 0.000316. The van der Waals surface area contributed by atoms with Crippen molar-refractivity contribution in [1.29, 1.82) is 0 Å². The number of aliphatic hydroxyl groups is 1. The number of aromatic amines is 1. The van der Waals surface area contributed by atoms with Crippen LogP contribution in [0.5, 0.6) is 0 Å². The Morgan fingerprint density at radius 3 is 2.79 bits per heavy atom. The minimum atomic E-state index is -4.47. The summed E-state index contributed by atoms with van der Waals surface area (Å²) in [7, 11) is -2.89. The Balaban J connectivity index is 1.26. The normalized spacial score (nSPS) is 29.7. The second-order valence-electron chi connectivity index (χ2n) is 10.5. The van der Waals surface area contributed by atoms with Gasteiger partial charge in [-0.05, 0) is 0 Å². The fourth-order valence-electron chi connectivity index (χ4n) is 5.33. The number of imidazole rings is 1. The third kappa shape index (κ3) is 6.26. The first kappa shape index (κ1) is 33.7. The Labute approximate surface area is 273 Å². The molecule has 25 heteroatoms. The number of fused-ring (bicyclic) bond motifs is 2. The van der Waals surface area contributed by atoms with E-state index in [4.69, 9.17) is 40.9 Å². The molecule has 4 aromatic heterocycles. The van der Waals surface area contributed by atoms with Crippen LogP contribution in [0.3, 0.4) is 0 Å². The number of hydrogen-bond acceptors (Lipinski definition) is 17. The van der Waals surface area contributed by atoms with E-state index in [1.165, 1.54) is 17.2 Å². The first-order valence-electron chi connectivity index (χ1n) is 13.4. The summed E-state index contributed by atoms with van der Waals surface area (Å²) in [5.74, 6) is 2.27. The number of nitrogens with one attached hydrogen (secondary N) is 1. The van der Waals surface area contributed by atoms with Crippen molar-refractivity contribution in [3.05, 3.63) is 23.0 Å². The van der Waals surface area contributed by atoms with Gasteiger partial charge in [-0.15, -0.1) is 11.5 Å². The number of anilines is 2. The van der Waals surface area contributed by atoms with Crippen LogP contribution in [0.1, 0.15) is 25.3 Å². The summed E-state index contributed by atoms with van der Waals surface area (Å²) < 4.78 is 71.2. The zero-order chi connectivity index (χ0) is 33.7. The molecule has 47 heavy (non-hydrogen) atoms.